The molecule has 0 spiro atoms. The Labute approximate surface area is 94.1 Å². The van der Waals surface area contributed by atoms with Crippen LogP contribution in [0, 0.1) is 0 Å². The quantitative estimate of drug-likeness (QED) is 0.764. The molecule has 2 rings (SSSR count). The van der Waals surface area contributed by atoms with Crippen molar-refractivity contribution in [3.63, 3.8) is 0 Å². The van der Waals surface area contributed by atoms with E-state index in [1.165, 1.54) is 0 Å². The van der Waals surface area contributed by atoms with Crippen LogP contribution in [0.1, 0.15) is 17.3 Å². The summed E-state index contributed by atoms with van der Waals surface area (Å²) in [6.07, 6.45) is 1.63. The molecule has 0 aliphatic carbocycles. The Balaban J connectivity index is 2.28. The van der Waals surface area contributed by atoms with Gasteiger partial charge in [0, 0.05) is 31.9 Å². The molecule has 1 saturated heterocycles. The molecular weight excluding hydrogens is 206 g/mol. The van der Waals surface area contributed by atoms with Crippen molar-refractivity contribution in [2.24, 2.45) is 0 Å². The maximum absolute atomic E-state index is 11.1. The highest BCUT2D eigenvalue weighted by Gasteiger charge is 2.21. The van der Waals surface area contributed by atoms with Crippen LogP contribution < -0.4 is 10.2 Å². The second-order valence-corrected chi connectivity index (χ2v) is 3.98. The molecule has 0 unspecified atom stereocenters. The number of nitrogens with zero attached hydrogens (tertiary/aromatic N) is 2. The maximum Gasteiger partial charge on any atom is 0.339 e. The van der Waals surface area contributed by atoms with Crippen molar-refractivity contribution < 1.29 is 9.90 Å². The number of nitrogens with one attached hydrogen (secondary N) is 1. The summed E-state index contributed by atoms with van der Waals surface area (Å²) in [5.41, 5.74) is 0.275. The van der Waals surface area contributed by atoms with Crippen LogP contribution >= 0.6 is 0 Å². The molecule has 1 aromatic heterocycles. The molecule has 86 valence electrons. The van der Waals surface area contributed by atoms with Crippen LogP contribution in [0.4, 0.5) is 5.82 Å². The van der Waals surface area contributed by atoms with E-state index in [-0.39, 0.29) is 5.56 Å². The highest BCUT2D eigenvalue weighted by atomic mass is 16.4. The summed E-state index contributed by atoms with van der Waals surface area (Å²) in [4.78, 5) is 17.3. The van der Waals surface area contributed by atoms with E-state index >= 15 is 0 Å². The molecule has 2 N–H and O–H groups in total. The van der Waals surface area contributed by atoms with E-state index in [0.717, 1.165) is 19.6 Å². The van der Waals surface area contributed by atoms with E-state index < -0.39 is 5.97 Å². The fourth-order valence-electron chi connectivity index (χ4n) is 1.94. The molecule has 1 aliphatic rings. The highest BCUT2D eigenvalue weighted by molar-refractivity contribution is 5.93. The number of hydrogen-bond acceptors (Lipinski definition) is 4. The molecule has 5 nitrogen and oxygen atoms in total. The summed E-state index contributed by atoms with van der Waals surface area (Å²) in [5, 5.41) is 12.4. The molecule has 16 heavy (non-hydrogen) atoms. The van der Waals surface area contributed by atoms with Crippen LogP contribution in [0.25, 0.3) is 0 Å². The second-order valence-electron chi connectivity index (χ2n) is 3.98. The number of pyridine rings is 1. The van der Waals surface area contributed by atoms with Gasteiger partial charge in [-0.3, -0.25) is 0 Å². The van der Waals surface area contributed by atoms with Gasteiger partial charge in [-0.15, -0.1) is 0 Å². The molecule has 0 bridgehead atoms. The first kappa shape index (κ1) is 10.9. The average molecular weight is 221 g/mol. The maximum atomic E-state index is 11.1. The van der Waals surface area contributed by atoms with Gasteiger partial charge in [0.1, 0.15) is 11.4 Å². The van der Waals surface area contributed by atoms with Gasteiger partial charge in [0.05, 0.1) is 0 Å². The van der Waals surface area contributed by atoms with Gasteiger partial charge in [0.25, 0.3) is 0 Å². The lowest BCUT2D eigenvalue weighted by atomic mass is 10.2. The molecule has 5 heteroatoms. The van der Waals surface area contributed by atoms with Crippen molar-refractivity contribution in [1.29, 1.82) is 0 Å². The zero-order valence-electron chi connectivity index (χ0n) is 9.18. The number of rotatable bonds is 2. The van der Waals surface area contributed by atoms with Gasteiger partial charge >= 0.3 is 5.97 Å². The van der Waals surface area contributed by atoms with Crippen molar-refractivity contribution in [3.05, 3.63) is 23.9 Å². The minimum absolute atomic E-state index is 0.275. The lowest BCUT2D eigenvalue weighted by Crippen LogP contribution is -2.49. The predicted octanol–water partition coefficient (Wildman–Crippen LogP) is 0.578. The van der Waals surface area contributed by atoms with Gasteiger partial charge in [-0.1, -0.05) is 0 Å². The fourth-order valence-corrected chi connectivity index (χ4v) is 1.94. The topological polar surface area (TPSA) is 65.5 Å². The Morgan fingerprint density at radius 3 is 3.19 bits per heavy atom. The van der Waals surface area contributed by atoms with Crippen molar-refractivity contribution in [3.8, 4) is 0 Å². The summed E-state index contributed by atoms with van der Waals surface area (Å²) >= 11 is 0. The Morgan fingerprint density at radius 2 is 2.50 bits per heavy atom. The third-order valence-corrected chi connectivity index (χ3v) is 2.69. The number of carboxylic acid groups (broad SMARTS) is 1. The number of piperazine rings is 1. The number of hydrogen-bond donors (Lipinski definition) is 2. The molecule has 1 aromatic rings. The van der Waals surface area contributed by atoms with Crippen LogP contribution in [0.2, 0.25) is 0 Å². The van der Waals surface area contributed by atoms with Crippen LogP contribution in [-0.4, -0.2) is 41.7 Å². The summed E-state index contributed by atoms with van der Waals surface area (Å²) in [7, 11) is 0. The third-order valence-electron chi connectivity index (χ3n) is 2.69. The number of aromatic nitrogens is 1. The van der Waals surface area contributed by atoms with Gasteiger partial charge in [-0.2, -0.15) is 0 Å². The highest BCUT2D eigenvalue weighted by Crippen LogP contribution is 2.18. The average Bonchev–Trinajstić information content (AvgIpc) is 2.29. The van der Waals surface area contributed by atoms with E-state index in [0.29, 0.717) is 11.9 Å². The summed E-state index contributed by atoms with van der Waals surface area (Å²) in [6.45, 7) is 4.52. The molecule has 1 fully saturated rings. The third kappa shape index (κ3) is 2.14. The van der Waals surface area contributed by atoms with Crippen LogP contribution in [0.3, 0.4) is 0 Å². The van der Waals surface area contributed by atoms with Gasteiger partial charge in [-0.05, 0) is 19.1 Å². The molecule has 1 atom stereocenters. The molecule has 0 saturated carbocycles. The smallest absolute Gasteiger partial charge is 0.339 e. The van der Waals surface area contributed by atoms with Gasteiger partial charge in [-0.25, -0.2) is 9.78 Å². The SMILES string of the molecule is C[C@@H]1CN(c2ncccc2C(=O)O)CCN1. The largest absolute Gasteiger partial charge is 0.478 e. The number of anilines is 1. The molecule has 1 aliphatic heterocycles. The first-order valence-corrected chi connectivity index (χ1v) is 5.35. The molecule has 0 aromatic carbocycles. The minimum Gasteiger partial charge on any atom is -0.478 e. The zero-order valence-corrected chi connectivity index (χ0v) is 9.18. The van der Waals surface area contributed by atoms with Crippen molar-refractivity contribution in [2.75, 3.05) is 24.5 Å². The Kier molecular flexibility index (Phi) is 3.05. The lowest BCUT2D eigenvalue weighted by Gasteiger charge is -2.33. The van der Waals surface area contributed by atoms with E-state index in [4.69, 9.17) is 5.11 Å². The molecular formula is C11H15N3O2. The minimum atomic E-state index is -0.922. The van der Waals surface area contributed by atoms with Gasteiger partial charge < -0.3 is 15.3 Å². The van der Waals surface area contributed by atoms with Crippen molar-refractivity contribution in [1.82, 2.24) is 10.3 Å². The molecule has 0 amide bonds. The van der Waals surface area contributed by atoms with Crippen LogP contribution in [0.5, 0.6) is 0 Å². The van der Waals surface area contributed by atoms with Crippen molar-refractivity contribution in [2.45, 2.75) is 13.0 Å². The fraction of sp³-hybridized carbons (Fsp3) is 0.455. The van der Waals surface area contributed by atoms with E-state index in [1.54, 1.807) is 18.3 Å². The zero-order chi connectivity index (χ0) is 11.5. The van der Waals surface area contributed by atoms with E-state index in [9.17, 15) is 4.79 Å². The summed E-state index contributed by atoms with van der Waals surface area (Å²) < 4.78 is 0. The normalized spacial score (nSPS) is 20.8. The Morgan fingerprint density at radius 1 is 1.69 bits per heavy atom. The standard InChI is InChI=1S/C11H15N3O2/c1-8-7-14(6-5-12-8)10-9(11(15)16)3-2-4-13-10/h2-4,8,12H,5-7H2,1H3,(H,15,16)/t8-/m1/s1. The Hall–Kier alpha value is -1.62. The first-order valence-electron chi connectivity index (χ1n) is 5.35. The van der Waals surface area contributed by atoms with E-state index in [1.807, 2.05) is 4.90 Å². The van der Waals surface area contributed by atoms with E-state index in [2.05, 4.69) is 17.2 Å². The second kappa shape index (κ2) is 4.49. The number of carboxylic acids is 1. The van der Waals surface area contributed by atoms with Gasteiger partial charge in [0.15, 0.2) is 0 Å². The van der Waals surface area contributed by atoms with Crippen LogP contribution in [0.15, 0.2) is 18.3 Å². The van der Waals surface area contributed by atoms with Crippen LogP contribution in [-0.2, 0) is 0 Å². The predicted molar refractivity (Wildman–Crippen MR) is 60.9 cm³/mol. The number of carbonyl (C=O) groups is 1. The monoisotopic (exact) mass is 221 g/mol. The lowest BCUT2D eigenvalue weighted by molar-refractivity contribution is 0.0697. The number of aromatic carboxylic acids is 1. The molecule has 0 radical (unpaired) electrons. The summed E-state index contributed by atoms with van der Waals surface area (Å²) in [5.74, 6) is -0.349. The Bertz CT molecular complexity index is 395. The van der Waals surface area contributed by atoms with Gasteiger partial charge in [0.2, 0.25) is 0 Å². The summed E-state index contributed by atoms with van der Waals surface area (Å²) in [6, 6.07) is 3.60. The first-order chi connectivity index (χ1) is 7.68. The molecule has 2 heterocycles. The van der Waals surface area contributed by atoms with Crippen molar-refractivity contribution >= 4 is 11.8 Å².